The van der Waals surface area contributed by atoms with E-state index in [0.29, 0.717) is 6.04 Å². The molecule has 0 radical (unpaired) electrons. The van der Waals surface area contributed by atoms with E-state index in [-0.39, 0.29) is 0 Å². The molecular formula is C15H27N3. The first kappa shape index (κ1) is 13.6. The van der Waals surface area contributed by atoms with Gasteiger partial charge in [0, 0.05) is 38.1 Å². The van der Waals surface area contributed by atoms with Crippen molar-refractivity contribution in [3.05, 3.63) is 24.0 Å². The molecule has 0 bridgehead atoms. The summed E-state index contributed by atoms with van der Waals surface area (Å²) in [5.74, 6) is 0. The maximum atomic E-state index is 3.63. The highest BCUT2D eigenvalue weighted by Gasteiger charge is 2.12. The summed E-state index contributed by atoms with van der Waals surface area (Å²) in [5, 5.41) is 3.63. The van der Waals surface area contributed by atoms with Crippen LogP contribution in [-0.2, 0) is 13.1 Å². The van der Waals surface area contributed by atoms with Gasteiger partial charge in [0.1, 0.15) is 0 Å². The molecule has 3 nitrogen and oxygen atoms in total. The van der Waals surface area contributed by atoms with Crippen molar-refractivity contribution in [3.8, 4) is 0 Å². The molecule has 1 aliphatic rings. The SMILES string of the molecule is CCn1ccc(CNC(C)CN2CCCCC2)c1. The third-order valence-corrected chi connectivity index (χ3v) is 3.81. The van der Waals surface area contributed by atoms with Crippen LogP contribution in [0.5, 0.6) is 0 Å². The number of piperidine rings is 1. The smallest absolute Gasteiger partial charge is 0.0223 e. The van der Waals surface area contributed by atoms with E-state index in [1.54, 1.807) is 0 Å². The number of likely N-dealkylation sites (tertiary alicyclic amines) is 1. The van der Waals surface area contributed by atoms with Gasteiger partial charge in [-0.2, -0.15) is 0 Å². The summed E-state index contributed by atoms with van der Waals surface area (Å²) < 4.78 is 2.23. The second kappa shape index (κ2) is 6.95. The fourth-order valence-electron chi connectivity index (χ4n) is 2.68. The summed E-state index contributed by atoms with van der Waals surface area (Å²) >= 11 is 0. The highest BCUT2D eigenvalue weighted by atomic mass is 15.1. The minimum Gasteiger partial charge on any atom is -0.354 e. The average molecular weight is 249 g/mol. The van der Waals surface area contributed by atoms with Gasteiger partial charge in [0.05, 0.1) is 0 Å². The largest absolute Gasteiger partial charge is 0.354 e. The zero-order chi connectivity index (χ0) is 12.8. The molecule has 0 amide bonds. The molecule has 2 heterocycles. The molecular weight excluding hydrogens is 222 g/mol. The molecule has 0 aromatic carbocycles. The average Bonchev–Trinajstić information content (AvgIpc) is 2.85. The number of nitrogens with zero attached hydrogens (tertiary/aromatic N) is 2. The molecule has 1 atom stereocenters. The van der Waals surface area contributed by atoms with Crippen molar-refractivity contribution < 1.29 is 0 Å². The third-order valence-electron chi connectivity index (χ3n) is 3.81. The second-order valence-corrected chi connectivity index (χ2v) is 5.49. The summed E-state index contributed by atoms with van der Waals surface area (Å²) in [6.07, 6.45) is 8.58. The molecule has 1 aromatic rings. The van der Waals surface area contributed by atoms with Crippen molar-refractivity contribution in [2.24, 2.45) is 0 Å². The van der Waals surface area contributed by atoms with Crippen molar-refractivity contribution >= 4 is 0 Å². The minimum atomic E-state index is 0.577. The van der Waals surface area contributed by atoms with E-state index in [0.717, 1.165) is 13.1 Å². The Morgan fingerprint density at radius 3 is 2.72 bits per heavy atom. The van der Waals surface area contributed by atoms with Crippen LogP contribution in [0.1, 0.15) is 38.7 Å². The lowest BCUT2D eigenvalue weighted by molar-refractivity contribution is 0.209. The maximum Gasteiger partial charge on any atom is 0.0223 e. The predicted octanol–water partition coefficient (Wildman–Crippen LogP) is 2.47. The Kier molecular flexibility index (Phi) is 5.26. The van der Waals surface area contributed by atoms with E-state index in [4.69, 9.17) is 0 Å². The highest BCUT2D eigenvalue weighted by molar-refractivity contribution is 5.09. The molecule has 3 heteroatoms. The predicted molar refractivity (Wildman–Crippen MR) is 76.7 cm³/mol. The molecule has 1 aromatic heterocycles. The van der Waals surface area contributed by atoms with Gasteiger partial charge in [0.25, 0.3) is 0 Å². The van der Waals surface area contributed by atoms with Gasteiger partial charge in [-0.05, 0) is 51.4 Å². The van der Waals surface area contributed by atoms with Gasteiger partial charge in [-0.3, -0.25) is 0 Å². The number of hydrogen-bond acceptors (Lipinski definition) is 2. The van der Waals surface area contributed by atoms with Crippen molar-refractivity contribution in [2.45, 2.75) is 52.2 Å². The van der Waals surface area contributed by atoms with Crippen molar-refractivity contribution in [3.63, 3.8) is 0 Å². The lowest BCUT2D eigenvalue weighted by atomic mass is 10.1. The number of nitrogens with one attached hydrogen (secondary N) is 1. The quantitative estimate of drug-likeness (QED) is 0.836. The Balaban J connectivity index is 1.68. The van der Waals surface area contributed by atoms with Crippen LogP contribution in [0, 0.1) is 0 Å². The highest BCUT2D eigenvalue weighted by Crippen LogP contribution is 2.09. The molecule has 0 spiro atoms. The van der Waals surface area contributed by atoms with Crippen LogP contribution in [0.3, 0.4) is 0 Å². The number of aryl methyl sites for hydroxylation is 1. The normalized spacial score (nSPS) is 19.0. The van der Waals surface area contributed by atoms with Gasteiger partial charge in [-0.25, -0.2) is 0 Å². The summed E-state index contributed by atoms with van der Waals surface area (Å²) in [7, 11) is 0. The van der Waals surface area contributed by atoms with Crippen molar-refractivity contribution in [1.82, 2.24) is 14.8 Å². The number of hydrogen-bond donors (Lipinski definition) is 1. The standard InChI is InChI=1S/C15H27N3/c1-3-17-10-7-15(13-17)11-16-14(2)12-18-8-5-4-6-9-18/h7,10,13-14,16H,3-6,8-9,11-12H2,1-2H3. The van der Waals surface area contributed by atoms with Crippen LogP contribution in [0.2, 0.25) is 0 Å². The summed E-state index contributed by atoms with van der Waals surface area (Å²) in [6, 6.07) is 2.79. The lowest BCUT2D eigenvalue weighted by Gasteiger charge is -2.29. The zero-order valence-corrected chi connectivity index (χ0v) is 11.9. The molecule has 2 rings (SSSR count). The van der Waals surface area contributed by atoms with Crippen molar-refractivity contribution in [2.75, 3.05) is 19.6 Å². The van der Waals surface area contributed by atoms with Crippen LogP contribution < -0.4 is 5.32 Å². The van der Waals surface area contributed by atoms with Gasteiger partial charge in [-0.15, -0.1) is 0 Å². The van der Waals surface area contributed by atoms with Gasteiger partial charge < -0.3 is 14.8 Å². The fourth-order valence-corrected chi connectivity index (χ4v) is 2.68. The van der Waals surface area contributed by atoms with E-state index < -0.39 is 0 Å². The second-order valence-electron chi connectivity index (χ2n) is 5.49. The van der Waals surface area contributed by atoms with Crippen LogP contribution in [-0.4, -0.2) is 35.1 Å². The summed E-state index contributed by atoms with van der Waals surface area (Å²) in [6.45, 7) is 10.3. The molecule has 102 valence electrons. The Bertz CT molecular complexity index is 339. The van der Waals surface area contributed by atoms with E-state index in [9.17, 15) is 0 Å². The van der Waals surface area contributed by atoms with Gasteiger partial charge in [0.15, 0.2) is 0 Å². The van der Waals surface area contributed by atoms with E-state index >= 15 is 0 Å². The van der Waals surface area contributed by atoms with Crippen LogP contribution in [0.4, 0.5) is 0 Å². The first-order valence-corrected chi connectivity index (χ1v) is 7.38. The van der Waals surface area contributed by atoms with Crippen LogP contribution in [0.15, 0.2) is 18.5 Å². The van der Waals surface area contributed by atoms with E-state index in [1.165, 1.54) is 44.5 Å². The molecule has 1 fully saturated rings. The Labute approximate surface area is 111 Å². The first-order valence-electron chi connectivity index (χ1n) is 7.38. The number of aromatic nitrogens is 1. The summed E-state index contributed by atoms with van der Waals surface area (Å²) in [5.41, 5.74) is 1.39. The number of rotatable bonds is 6. The first-order chi connectivity index (χ1) is 8.78. The topological polar surface area (TPSA) is 20.2 Å². The lowest BCUT2D eigenvalue weighted by Crippen LogP contribution is -2.41. The van der Waals surface area contributed by atoms with Crippen LogP contribution >= 0.6 is 0 Å². The van der Waals surface area contributed by atoms with Crippen molar-refractivity contribution in [1.29, 1.82) is 0 Å². The van der Waals surface area contributed by atoms with E-state index in [1.807, 2.05) is 0 Å². The Morgan fingerprint density at radius 1 is 1.28 bits per heavy atom. The zero-order valence-electron chi connectivity index (χ0n) is 11.9. The van der Waals surface area contributed by atoms with Crippen LogP contribution in [0.25, 0.3) is 0 Å². The monoisotopic (exact) mass is 249 g/mol. The third kappa shape index (κ3) is 4.14. The Morgan fingerprint density at radius 2 is 2.06 bits per heavy atom. The molecule has 18 heavy (non-hydrogen) atoms. The molecule has 1 saturated heterocycles. The maximum absolute atomic E-state index is 3.63. The Hall–Kier alpha value is -0.800. The van der Waals surface area contributed by atoms with Gasteiger partial charge >= 0.3 is 0 Å². The molecule has 1 aliphatic heterocycles. The van der Waals surface area contributed by atoms with Gasteiger partial charge in [-0.1, -0.05) is 6.42 Å². The molecule has 0 saturated carbocycles. The fraction of sp³-hybridized carbons (Fsp3) is 0.733. The summed E-state index contributed by atoms with van der Waals surface area (Å²) in [4.78, 5) is 2.60. The molecule has 0 aliphatic carbocycles. The van der Waals surface area contributed by atoms with E-state index in [2.05, 4.69) is 47.1 Å². The molecule has 1 N–H and O–H groups in total. The molecule has 1 unspecified atom stereocenters. The minimum absolute atomic E-state index is 0.577. The van der Waals surface area contributed by atoms with Gasteiger partial charge in [0.2, 0.25) is 0 Å².